The summed E-state index contributed by atoms with van der Waals surface area (Å²) in [6.45, 7) is 2.01. The average Bonchev–Trinajstić information content (AvgIpc) is 2.81. The summed E-state index contributed by atoms with van der Waals surface area (Å²) in [7, 11) is 0. The van der Waals surface area contributed by atoms with Crippen molar-refractivity contribution in [2.24, 2.45) is 5.73 Å². The summed E-state index contributed by atoms with van der Waals surface area (Å²) in [5.41, 5.74) is 8.46. The first-order valence-corrected chi connectivity index (χ1v) is 7.05. The first kappa shape index (κ1) is 13.3. The topological polar surface area (TPSA) is 39.2 Å². The van der Waals surface area contributed by atoms with Gasteiger partial charge in [0.25, 0.3) is 0 Å². The van der Waals surface area contributed by atoms with Crippen LogP contribution in [-0.4, -0.2) is 0 Å². The number of furan rings is 1. The fourth-order valence-corrected chi connectivity index (χ4v) is 2.88. The number of halogens is 2. The quantitative estimate of drug-likeness (QED) is 0.738. The molecule has 0 saturated heterocycles. The Kier molecular flexibility index (Phi) is 3.36. The smallest absolute Gasteiger partial charge is 0.134 e. The third-order valence-electron chi connectivity index (χ3n) is 3.31. The van der Waals surface area contributed by atoms with Crippen molar-refractivity contribution in [3.05, 3.63) is 69.6 Å². The molecular formula is C16H13BrFNO. The molecular weight excluding hydrogens is 321 g/mol. The van der Waals surface area contributed by atoms with Crippen LogP contribution in [-0.2, 0) is 0 Å². The van der Waals surface area contributed by atoms with Crippen molar-refractivity contribution in [2.45, 2.75) is 13.0 Å². The van der Waals surface area contributed by atoms with Crippen molar-refractivity contribution in [1.29, 1.82) is 0 Å². The molecule has 0 radical (unpaired) electrons. The molecule has 0 aliphatic rings. The Bertz CT molecular complexity index is 761. The number of hydrogen-bond acceptors (Lipinski definition) is 2. The Morgan fingerprint density at radius 2 is 2.00 bits per heavy atom. The Morgan fingerprint density at radius 3 is 2.75 bits per heavy atom. The lowest BCUT2D eigenvalue weighted by molar-refractivity contribution is 0.509. The summed E-state index contributed by atoms with van der Waals surface area (Å²) in [6.07, 6.45) is 0. The third kappa shape index (κ3) is 2.25. The van der Waals surface area contributed by atoms with E-state index in [1.165, 1.54) is 6.07 Å². The zero-order chi connectivity index (χ0) is 14.3. The summed E-state index contributed by atoms with van der Waals surface area (Å²) in [5.74, 6) is 0.208. The average molecular weight is 334 g/mol. The number of hydrogen-bond donors (Lipinski definition) is 1. The summed E-state index contributed by atoms with van der Waals surface area (Å²) < 4.78 is 20.3. The lowest BCUT2D eigenvalue weighted by Gasteiger charge is -2.12. The summed E-state index contributed by atoms with van der Waals surface area (Å²) in [6, 6.07) is 11.9. The normalized spacial score (nSPS) is 12.8. The van der Waals surface area contributed by atoms with Crippen LogP contribution in [0.25, 0.3) is 11.0 Å². The van der Waals surface area contributed by atoms with E-state index in [-0.39, 0.29) is 5.82 Å². The molecule has 2 N–H and O–H groups in total. The van der Waals surface area contributed by atoms with Crippen molar-refractivity contribution >= 4 is 26.9 Å². The lowest BCUT2D eigenvalue weighted by atomic mass is 10.0. The van der Waals surface area contributed by atoms with Crippen molar-refractivity contribution < 1.29 is 8.81 Å². The standard InChI is InChI=1S/C16H13BrFNO/c1-9-5-6-13-10(7-9)8-14(20-13)16(19)15-11(17)3-2-4-12(15)18/h2-8,16H,19H2,1H3. The van der Waals surface area contributed by atoms with Gasteiger partial charge in [-0.15, -0.1) is 0 Å². The fourth-order valence-electron chi connectivity index (χ4n) is 2.29. The molecule has 1 heterocycles. The summed E-state index contributed by atoms with van der Waals surface area (Å²) >= 11 is 3.34. The third-order valence-corrected chi connectivity index (χ3v) is 4.00. The number of rotatable bonds is 2. The van der Waals surface area contributed by atoms with Crippen LogP contribution in [0, 0.1) is 12.7 Å². The molecule has 1 aromatic heterocycles. The molecule has 1 unspecified atom stereocenters. The Hall–Kier alpha value is -1.65. The lowest BCUT2D eigenvalue weighted by Crippen LogP contribution is -2.13. The van der Waals surface area contributed by atoms with Gasteiger partial charge in [-0.3, -0.25) is 0 Å². The Morgan fingerprint density at radius 1 is 1.20 bits per heavy atom. The van der Waals surface area contributed by atoms with Gasteiger partial charge in [-0.2, -0.15) is 0 Å². The highest BCUT2D eigenvalue weighted by molar-refractivity contribution is 9.10. The first-order valence-electron chi connectivity index (χ1n) is 6.26. The highest BCUT2D eigenvalue weighted by atomic mass is 79.9. The second-order valence-corrected chi connectivity index (χ2v) is 5.66. The zero-order valence-corrected chi connectivity index (χ0v) is 12.4. The van der Waals surface area contributed by atoms with Crippen LogP contribution < -0.4 is 5.73 Å². The van der Waals surface area contributed by atoms with E-state index < -0.39 is 6.04 Å². The van der Waals surface area contributed by atoms with Crippen molar-refractivity contribution in [3.63, 3.8) is 0 Å². The molecule has 0 saturated carbocycles. The van der Waals surface area contributed by atoms with Gasteiger partial charge in [0.05, 0.1) is 6.04 Å². The minimum Gasteiger partial charge on any atom is -0.459 e. The molecule has 4 heteroatoms. The van der Waals surface area contributed by atoms with Crippen LogP contribution in [0.15, 0.2) is 51.4 Å². The Labute approximate surface area is 124 Å². The molecule has 20 heavy (non-hydrogen) atoms. The highest BCUT2D eigenvalue weighted by Gasteiger charge is 2.20. The van der Waals surface area contributed by atoms with Gasteiger partial charge < -0.3 is 10.2 Å². The van der Waals surface area contributed by atoms with Crippen LogP contribution in [0.3, 0.4) is 0 Å². The monoisotopic (exact) mass is 333 g/mol. The van der Waals surface area contributed by atoms with Gasteiger partial charge in [0.2, 0.25) is 0 Å². The van der Waals surface area contributed by atoms with Crippen LogP contribution in [0.5, 0.6) is 0 Å². The Balaban J connectivity index is 2.10. The predicted molar refractivity (Wildman–Crippen MR) is 81.1 cm³/mol. The van der Waals surface area contributed by atoms with Gasteiger partial charge in [0.1, 0.15) is 17.2 Å². The van der Waals surface area contributed by atoms with E-state index in [1.807, 2.05) is 31.2 Å². The van der Waals surface area contributed by atoms with E-state index in [9.17, 15) is 4.39 Å². The minimum atomic E-state index is -0.640. The molecule has 0 bridgehead atoms. The van der Waals surface area contributed by atoms with Crippen LogP contribution in [0.4, 0.5) is 4.39 Å². The number of fused-ring (bicyclic) bond motifs is 1. The largest absolute Gasteiger partial charge is 0.459 e. The number of nitrogens with two attached hydrogens (primary N) is 1. The molecule has 0 aliphatic carbocycles. The second kappa shape index (κ2) is 5.04. The summed E-state index contributed by atoms with van der Waals surface area (Å²) in [5, 5.41) is 0.975. The summed E-state index contributed by atoms with van der Waals surface area (Å²) in [4.78, 5) is 0. The van der Waals surface area contributed by atoms with E-state index in [2.05, 4.69) is 15.9 Å². The number of benzene rings is 2. The van der Waals surface area contributed by atoms with E-state index in [0.29, 0.717) is 15.8 Å². The van der Waals surface area contributed by atoms with Crippen LogP contribution in [0.1, 0.15) is 22.9 Å². The molecule has 0 amide bonds. The van der Waals surface area contributed by atoms with E-state index in [1.54, 1.807) is 12.1 Å². The molecule has 3 rings (SSSR count). The number of aryl methyl sites for hydroxylation is 1. The maximum absolute atomic E-state index is 14.0. The molecule has 3 aromatic rings. The molecule has 1 atom stereocenters. The second-order valence-electron chi connectivity index (χ2n) is 4.80. The van der Waals surface area contributed by atoms with Crippen LogP contribution >= 0.6 is 15.9 Å². The van der Waals surface area contributed by atoms with Gasteiger partial charge >= 0.3 is 0 Å². The van der Waals surface area contributed by atoms with Crippen LogP contribution in [0.2, 0.25) is 0 Å². The maximum Gasteiger partial charge on any atom is 0.134 e. The zero-order valence-electron chi connectivity index (χ0n) is 10.9. The van der Waals surface area contributed by atoms with Crippen molar-refractivity contribution in [1.82, 2.24) is 0 Å². The molecule has 0 aliphatic heterocycles. The van der Waals surface area contributed by atoms with Crippen molar-refractivity contribution in [2.75, 3.05) is 0 Å². The molecule has 2 nitrogen and oxygen atoms in total. The molecule has 0 fully saturated rings. The van der Waals surface area contributed by atoms with Gasteiger partial charge in [-0.1, -0.05) is 33.6 Å². The predicted octanol–water partition coefficient (Wildman–Crippen LogP) is 4.69. The van der Waals surface area contributed by atoms with Crippen molar-refractivity contribution in [3.8, 4) is 0 Å². The van der Waals surface area contributed by atoms with Gasteiger partial charge in [-0.05, 0) is 37.3 Å². The molecule has 2 aromatic carbocycles. The van der Waals surface area contributed by atoms with Gasteiger partial charge in [0, 0.05) is 15.4 Å². The highest BCUT2D eigenvalue weighted by Crippen LogP contribution is 2.32. The fraction of sp³-hybridized carbons (Fsp3) is 0.125. The first-order chi connectivity index (χ1) is 9.56. The van der Waals surface area contributed by atoms with Gasteiger partial charge in [0.15, 0.2) is 0 Å². The maximum atomic E-state index is 14.0. The van der Waals surface area contributed by atoms with E-state index >= 15 is 0 Å². The molecule has 102 valence electrons. The van der Waals surface area contributed by atoms with E-state index in [4.69, 9.17) is 10.2 Å². The SMILES string of the molecule is Cc1ccc2oc(C(N)c3c(F)cccc3Br)cc2c1. The van der Waals surface area contributed by atoms with Gasteiger partial charge in [-0.25, -0.2) is 4.39 Å². The minimum absolute atomic E-state index is 0.344. The van der Waals surface area contributed by atoms with E-state index in [0.717, 1.165) is 16.5 Å². The molecule has 0 spiro atoms.